The topological polar surface area (TPSA) is 55.3 Å². The maximum absolute atomic E-state index is 11.5. The SMILES string of the molecule is CC1CC(N(C)C)C(P=O)[C@H](Sc2ncccn2)O1. The number of thioether (sulfide) groups is 1. The second-order valence-corrected chi connectivity index (χ2v) is 6.70. The summed E-state index contributed by atoms with van der Waals surface area (Å²) in [6.07, 6.45) is 4.44. The van der Waals surface area contributed by atoms with Crippen LogP contribution in [0.15, 0.2) is 23.6 Å². The van der Waals surface area contributed by atoms with Gasteiger partial charge in [-0.05, 0) is 33.5 Å². The van der Waals surface area contributed by atoms with Crippen molar-refractivity contribution in [1.82, 2.24) is 14.9 Å². The first-order valence-electron chi connectivity index (χ1n) is 6.20. The van der Waals surface area contributed by atoms with Crippen LogP contribution in [-0.4, -0.2) is 52.2 Å². The van der Waals surface area contributed by atoms with Crippen LogP contribution in [0.25, 0.3) is 0 Å². The minimum absolute atomic E-state index is 0.0694. The van der Waals surface area contributed by atoms with E-state index in [-0.39, 0.29) is 31.7 Å². The van der Waals surface area contributed by atoms with Crippen LogP contribution >= 0.6 is 20.2 Å². The summed E-state index contributed by atoms with van der Waals surface area (Å²) in [7, 11) is 4.14. The lowest BCUT2D eigenvalue weighted by molar-refractivity contribution is -0.0211. The summed E-state index contributed by atoms with van der Waals surface area (Å²) in [5, 5.41) is 0.660. The fourth-order valence-corrected chi connectivity index (χ4v) is 4.26. The summed E-state index contributed by atoms with van der Waals surface area (Å²) in [4.78, 5) is 10.5. The van der Waals surface area contributed by atoms with Crippen molar-refractivity contribution in [3.8, 4) is 0 Å². The first-order valence-corrected chi connectivity index (χ1v) is 7.96. The maximum Gasteiger partial charge on any atom is 0.190 e. The van der Waals surface area contributed by atoms with Crippen molar-refractivity contribution in [2.75, 3.05) is 14.1 Å². The third-order valence-corrected chi connectivity index (χ3v) is 5.28. The van der Waals surface area contributed by atoms with Crippen LogP contribution in [-0.2, 0) is 9.30 Å². The van der Waals surface area contributed by atoms with E-state index in [1.54, 1.807) is 18.5 Å². The molecule has 0 saturated carbocycles. The van der Waals surface area contributed by atoms with Gasteiger partial charge >= 0.3 is 0 Å². The molecule has 7 heteroatoms. The predicted molar refractivity (Wildman–Crippen MR) is 75.7 cm³/mol. The molecule has 1 aromatic rings. The van der Waals surface area contributed by atoms with E-state index in [1.807, 2.05) is 21.0 Å². The maximum atomic E-state index is 11.5. The van der Waals surface area contributed by atoms with Gasteiger partial charge in [0.05, 0.1) is 11.8 Å². The number of ether oxygens (including phenoxy) is 1. The molecule has 1 saturated heterocycles. The largest absolute Gasteiger partial charge is 0.363 e. The van der Waals surface area contributed by atoms with Gasteiger partial charge in [0.2, 0.25) is 0 Å². The molecule has 0 amide bonds. The van der Waals surface area contributed by atoms with E-state index < -0.39 is 0 Å². The highest BCUT2D eigenvalue weighted by atomic mass is 32.2. The molecule has 3 unspecified atom stereocenters. The Hall–Kier alpha value is -0.550. The molecule has 0 spiro atoms. The molecular weight excluding hydrogens is 281 g/mol. The van der Waals surface area contributed by atoms with Gasteiger partial charge in [0, 0.05) is 18.4 Å². The van der Waals surface area contributed by atoms with Crippen LogP contribution < -0.4 is 0 Å². The summed E-state index contributed by atoms with van der Waals surface area (Å²) in [6, 6.07) is 2.02. The minimum Gasteiger partial charge on any atom is -0.363 e. The van der Waals surface area contributed by atoms with E-state index in [0.29, 0.717) is 5.16 Å². The van der Waals surface area contributed by atoms with Crippen molar-refractivity contribution in [2.45, 2.75) is 41.7 Å². The molecule has 2 rings (SSSR count). The van der Waals surface area contributed by atoms with Crippen molar-refractivity contribution in [1.29, 1.82) is 0 Å². The number of hydrogen-bond acceptors (Lipinski definition) is 6. The van der Waals surface area contributed by atoms with Crippen LogP contribution in [0, 0.1) is 0 Å². The zero-order valence-electron chi connectivity index (χ0n) is 11.3. The summed E-state index contributed by atoms with van der Waals surface area (Å²) >= 11 is 1.44. The molecule has 0 radical (unpaired) electrons. The Balaban J connectivity index is 2.14. The normalized spacial score (nSPS) is 31.8. The average Bonchev–Trinajstić information content (AvgIpc) is 2.39. The lowest BCUT2D eigenvalue weighted by Gasteiger charge is -2.40. The molecule has 0 bridgehead atoms. The molecule has 2 heterocycles. The Kier molecular flexibility index (Phi) is 5.28. The zero-order valence-corrected chi connectivity index (χ0v) is 13.0. The monoisotopic (exact) mass is 299 g/mol. The van der Waals surface area contributed by atoms with Gasteiger partial charge in [-0.1, -0.05) is 11.8 Å². The smallest absolute Gasteiger partial charge is 0.190 e. The summed E-state index contributed by atoms with van der Waals surface area (Å²) < 4.78 is 17.4. The van der Waals surface area contributed by atoms with Crippen LogP contribution in [0.2, 0.25) is 0 Å². The summed E-state index contributed by atoms with van der Waals surface area (Å²) in [6.45, 7) is 2.05. The van der Waals surface area contributed by atoms with Gasteiger partial charge in [0.25, 0.3) is 0 Å². The minimum atomic E-state index is -0.183. The molecule has 5 nitrogen and oxygen atoms in total. The van der Waals surface area contributed by atoms with E-state index in [9.17, 15) is 4.57 Å². The van der Waals surface area contributed by atoms with Gasteiger partial charge < -0.3 is 9.64 Å². The van der Waals surface area contributed by atoms with Crippen LogP contribution in [0.1, 0.15) is 13.3 Å². The van der Waals surface area contributed by atoms with Crippen LogP contribution in [0.4, 0.5) is 0 Å². The molecule has 0 aliphatic carbocycles. The van der Waals surface area contributed by atoms with E-state index in [0.717, 1.165) is 6.42 Å². The molecule has 0 aromatic carbocycles. The van der Waals surface area contributed by atoms with E-state index in [2.05, 4.69) is 14.9 Å². The van der Waals surface area contributed by atoms with Crippen molar-refractivity contribution in [2.24, 2.45) is 0 Å². The first kappa shape index (κ1) is 14.9. The number of hydrogen-bond donors (Lipinski definition) is 0. The molecule has 1 aliphatic rings. The van der Waals surface area contributed by atoms with Crippen molar-refractivity contribution >= 4 is 20.2 Å². The average molecular weight is 299 g/mol. The van der Waals surface area contributed by atoms with Crippen molar-refractivity contribution < 1.29 is 9.30 Å². The highest BCUT2D eigenvalue weighted by molar-refractivity contribution is 7.99. The third-order valence-electron chi connectivity index (χ3n) is 3.16. The lowest BCUT2D eigenvalue weighted by Crippen LogP contribution is -2.49. The Morgan fingerprint density at radius 3 is 2.68 bits per heavy atom. The lowest BCUT2D eigenvalue weighted by atomic mass is 10.0. The third kappa shape index (κ3) is 3.72. The molecule has 1 aromatic heterocycles. The molecular formula is C12H18N3O2PS. The second kappa shape index (κ2) is 6.75. The summed E-state index contributed by atoms with van der Waals surface area (Å²) in [5.74, 6) is 0. The van der Waals surface area contributed by atoms with Crippen molar-refractivity contribution in [3.63, 3.8) is 0 Å². The van der Waals surface area contributed by atoms with Crippen LogP contribution in [0.5, 0.6) is 0 Å². The fraction of sp³-hybridized carbons (Fsp3) is 0.667. The van der Waals surface area contributed by atoms with Crippen molar-refractivity contribution in [3.05, 3.63) is 18.5 Å². The number of nitrogens with zero attached hydrogens (tertiary/aromatic N) is 3. The van der Waals surface area contributed by atoms with Gasteiger partial charge in [-0.3, -0.25) is 4.57 Å². The van der Waals surface area contributed by atoms with Gasteiger partial charge in [-0.25, -0.2) is 9.97 Å². The first-order chi connectivity index (χ1) is 9.11. The molecule has 104 valence electrons. The van der Waals surface area contributed by atoms with Gasteiger partial charge in [0.15, 0.2) is 13.6 Å². The summed E-state index contributed by atoms with van der Waals surface area (Å²) in [5.41, 5.74) is -0.252. The molecule has 1 fully saturated rings. The van der Waals surface area contributed by atoms with E-state index in [4.69, 9.17) is 4.74 Å². The molecule has 19 heavy (non-hydrogen) atoms. The zero-order chi connectivity index (χ0) is 13.8. The van der Waals surface area contributed by atoms with Gasteiger partial charge in [0.1, 0.15) is 5.44 Å². The Labute approximate surface area is 119 Å². The fourth-order valence-electron chi connectivity index (χ4n) is 2.21. The Morgan fingerprint density at radius 2 is 2.11 bits per heavy atom. The number of aromatic nitrogens is 2. The Bertz CT molecular complexity index is 421. The highest BCUT2D eigenvalue weighted by Gasteiger charge is 2.40. The molecule has 1 aliphatic heterocycles. The van der Waals surface area contributed by atoms with E-state index in [1.165, 1.54) is 11.8 Å². The van der Waals surface area contributed by atoms with Gasteiger partial charge in [-0.15, -0.1) is 0 Å². The number of rotatable bonds is 4. The van der Waals surface area contributed by atoms with Crippen LogP contribution in [0.3, 0.4) is 0 Å². The van der Waals surface area contributed by atoms with E-state index >= 15 is 0 Å². The van der Waals surface area contributed by atoms with Gasteiger partial charge in [-0.2, -0.15) is 0 Å². The molecule has 4 atom stereocenters. The predicted octanol–water partition coefficient (Wildman–Crippen LogP) is 2.29. The second-order valence-electron chi connectivity index (χ2n) is 4.83. The highest BCUT2D eigenvalue weighted by Crippen LogP contribution is 2.38. The quantitative estimate of drug-likeness (QED) is 0.628. The molecule has 0 N–H and O–H groups in total. The Morgan fingerprint density at radius 1 is 1.42 bits per heavy atom. The standard InChI is InChI=1S/C12H18N3O2PS/c1-8-7-9(15(2)3)10(18-16)11(17-8)19-12-13-5-4-6-14-12/h4-6,8-11H,7H2,1-3H3/t8?,9?,10?,11-/m0/s1.